The van der Waals surface area contributed by atoms with Crippen molar-refractivity contribution in [1.82, 2.24) is 9.80 Å². The zero-order valence-corrected chi connectivity index (χ0v) is 12.7. The van der Waals surface area contributed by atoms with Crippen LogP contribution in [0.15, 0.2) is 17.5 Å². The monoisotopic (exact) mass is 320 g/mol. The molecular formula is C14H19F3N2OS. The predicted molar refractivity (Wildman–Crippen MR) is 76.5 cm³/mol. The molecule has 0 aromatic carbocycles. The van der Waals surface area contributed by atoms with E-state index in [4.69, 9.17) is 0 Å². The maximum atomic E-state index is 12.5. The number of rotatable bonds is 3. The van der Waals surface area contributed by atoms with Crippen molar-refractivity contribution in [3.8, 4) is 0 Å². The average Bonchev–Trinajstić information content (AvgIpc) is 2.80. The highest BCUT2D eigenvalue weighted by Crippen LogP contribution is 2.24. The molecule has 2 heterocycles. The lowest BCUT2D eigenvalue weighted by Gasteiger charge is -2.28. The maximum Gasteiger partial charge on any atom is 0.390 e. The normalized spacial score (nSPS) is 19.3. The van der Waals surface area contributed by atoms with Crippen LogP contribution in [0.1, 0.15) is 29.4 Å². The third-order valence-electron chi connectivity index (χ3n) is 3.70. The van der Waals surface area contributed by atoms with Gasteiger partial charge in [0.15, 0.2) is 0 Å². The fraction of sp³-hybridized carbons (Fsp3) is 0.643. The first-order chi connectivity index (χ1) is 9.87. The first kappa shape index (κ1) is 16.3. The average molecular weight is 320 g/mol. The van der Waals surface area contributed by atoms with Crippen LogP contribution in [0.4, 0.5) is 13.2 Å². The van der Waals surface area contributed by atoms with E-state index in [0.29, 0.717) is 37.5 Å². The van der Waals surface area contributed by atoms with E-state index < -0.39 is 18.6 Å². The van der Waals surface area contributed by atoms with Crippen molar-refractivity contribution in [3.63, 3.8) is 0 Å². The molecule has 3 nitrogen and oxygen atoms in total. The summed E-state index contributed by atoms with van der Waals surface area (Å²) in [5.74, 6) is -0.0182. The van der Waals surface area contributed by atoms with Gasteiger partial charge in [0.1, 0.15) is 0 Å². The van der Waals surface area contributed by atoms with Crippen molar-refractivity contribution < 1.29 is 18.0 Å². The summed E-state index contributed by atoms with van der Waals surface area (Å²) in [6, 6.07) is 3.07. The van der Waals surface area contributed by atoms with Crippen molar-refractivity contribution in [2.75, 3.05) is 26.2 Å². The number of hydrogen-bond acceptors (Lipinski definition) is 3. The van der Waals surface area contributed by atoms with E-state index in [1.807, 2.05) is 16.3 Å². The molecule has 0 saturated carbocycles. The van der Waals surface area contributed by atoms with Crippen LogP contribution in [0.25, 0.3) is 0 Å². The molecule has 118 valence electrons. The Bertz CT molecular complexity index is 461. The molecule has 0 aliphatic carbocycles. The summed E-state index contributed by atoms with van der Waals surface area (Å²) in [5.41, 5.74) is 0. The Morgan fingerprint density at radius 2 is 2.10 bits per heavy atom. The standard InChI is InChI=1S/C14H19F3N2OS/c1-11(10-14(15,16)17)18-5-3-6-19(8-7-18)13(20)12-4-2-9-21-12/h2,4,9,11H,3,5-8,10H2,1H3. The summed E-state index contributed by atoms with van der Waals surface area (Å²) in [5, 5.41) is 1.85. The molecule has 1 atom stereocenters. The predicted octanol–water partition coefficient (Wildman–Crippen LogP) is 3.24. The Kier molecular flexibility index (Phi) is 5.27. The molecule has 0 N–H and O–H groups in total. The lowest BCUT2D eigenvalue weighted by molar-refractivity contribution is -0.145. The Morgan fingerprint density at radius 1 is 1.33 bits per heavy atom. The van der Waals surface area contributed by atoms with Gasteiger partial charge in [0, 0.05) is 32.2 Å². The second kappa shape index (κ2) is 6.79. The first-order valence-electron chi connectivity index (χ1n) is 7.00. The van der Waals surface area contributed by atoms with Crippen LogP contribution in [0.5, 0.6) is 0 Å². The topological polar surface area (TPSA) is 23.6 Å². The van der Waals surface area contributed by atoms with Gasteiger partial charge in [0.25, 0.3) is 5.91 Å². The number of thiophene rings is 1. The molecule has 1 amide bonds. The number of carbonyl (C=O) groups excluding carboxylic acids is 1. The molecule has 1 saturated heterocycles. The second-order valence-electron chi connectivity index (χ2n) is 5.33. The van der Waals surface area contributed by atoms with Crippen molar-refractivity contribution >= 4 is 17.2 Å². The lowest BCUT2D eigenvalue weighted by atomic mass is 10.2. The number of amides is 1. The van der Waals surface area contributed by atoms with E-state index in [2.05, 4.69) is 0 Å². The number of hydrogen-bond donors (Lipinski definition) is 0. The highest BCUT2D eigenvalue weighted by molar-refractivity contribution is 7.12. The van der Waals surface area contributed by atoms with Crippen LogP contribution in [0.2, 0.25) is 0 Å². The summed E-state index contributed by atoms with van der Waals surface area (Å²) in [7, 11) is 0. The Hall–Kier alpha value is -1.08. The van der Waals surface area contributed by atoms with Gasteiger partial charge < -0.3 is 4.90 Å². The number of carbonyl (C=O) groups is 1. The molecule has 1 aromatic heterocycles. The molecule has 2 rings (SSSR count). The summed E-state index contributed by atoms with van der Waals surface area (Å²) in [4.78, 5) is 16.5. The Labute approximate surface area is 126 Å². The van der Waals surface area contributed by atoms with Gasteiger partial charge in [-0.2, -0.15) is 13.2 Å². The van der Waals surface area contributed by atoms with Gasteiger partial charge in [-0.05, 0) is 24.8 Å². The van der Waals surface area contributed by atoms with E-state index >= 15 is 0 Å². The van der Waals surface area contributed by atoms with Gasteiger partial charge in [0.2, 0.25) is 0 Å². The minimum absolute atomic E-state index is 0.0182. The minimum Gasteiger partial charge on any atom is -0.337 e. The fourth-order valence-electron chi connectivity index (χ4n) is 2.60. The van der Waals surface area contributed by atoms with Gasteiger partial charge in [-0.15, -0.1) is 11.3 Å². The third kappa shape index (κ3) is 4.71. The smallest absolute Gasteiger partial charge is 0.337 e. The van der Waals surface area contributed by atoms with Crippen LogP contribution in [-0.2, 0) is 0 Å². The summed E-state index contributed by atoms with van der Waals surface area (Å²) in [6.45, 7) is 3.79. The molecule has 1 aliphatic rings. The largest absolute Gasteiger partial charge is 0.390 e. The van der Waals surface area contributed by atoms with E-state index in [1.54, 1.807) is 17.9 Å². The molecule has 1 aliphatic heterocycles. The van der Waals surface area contributed by atoms with Gasteiger partial charge in [-0.25, -0.2) is 0 Å². The number of alkyl halides is 3. The van der Waals surface area contributed by atoms with Crippen molar-refractivity contribution in [2.24, 2.45) is 0 Å². The Balaban J connectivity index is 1.91. The highest BCUT2D eigenvalue weighted by Gasteiger charge is 2.33. The second-order valence-corrected chi connectivity index (χ2v) is 6.28. The molecule has 0 radical (unpaired) electrons. The molecule has 0 bridgehead atoms. The number of halogens is 3. The zero-order valence-electron chi connectivity index (χ0n) is 11.9. The fourth-order valence-corrected chi connectivity index (χ4v) is 3.29. The molecule has 1 unspecified atom stereocenters. The summed E-state index contributed by atoms with van der Waals surface area (Å²) < 4.78 is 37.4. The minimum atomic E-state index is -4.14. The highest BCUT2D eigenvalue weighted by atomic mass is 32.1. The molecule has 0 spiro atoms. The van der Waals surface area contributed by atoms with Crippen LogP contribution < -0.4 is 0 Å². The van der Waals surface area contributed by atoms with Crippen molar-refractivity contribution in [2.45, 2.75) is 32.0 Å². The zero-order chi connectivity index (χ0) is 15.5. The van der Waals surface area contributed by atoms with Gasteiger partial charge >= 0.3 is 6.18 Å². The molecular weight excluding hydrogens is 301 g/mol. The Morgan fingerprint density at radius 3 is 2.71 bits per heavy atom. The summed E-state index contributed by atoms with van der Waals surface area (Å²) in [6.07, 6.45) is -4.23. The first-order valence-corrected chi connectivity index (χ1v) is 7.88. The van der Waals surface area contributed by atoms with Crippen LogP contribution >= 0.6 is 11.3 Å². The third-order valence-corrected chi connectivity index (χ3v) is 4.56. The van der Waals surface area contributed by atoms with E-state index in [-0.39, 0.29) is 5.91 Å². The van der Waals surface area contributed by atoms with Crippen molar-refractivity contribution in [3.05, 3.63) is 22.4 Å². The van der Waals surface area contributed by atoms with Crippen LogP contribution in [0, 0.1) is 0 Å². The van der Waals surface area contributed by atoms with Crippen molar-refractivity contribution in [1.29, 1.82) is 0 Å². The maximum absolute atomic E-state index is 12.5. The van der Waals surface area contributed by atoms with Gasteiger partial charge in [0.05, 0.1) is 11.3 Å². The van der Waals surface area contributed by atoms with Gasteiger partial charge in [-0.3, -0.25) is 9.69 Å². The lowest BCUT2D eigenvalue weighted by Crippen LogP contribution is -2.40. The van der Waals surface area contributed by atoms with E-state index in [9.17, 15) is 18.0 Å². The number of nitrogens with zero attached hydrogens (tertiary/aromatic N) is 2. The van der Waals surface area contributed by atoms with Gasteiger partial charge in [-0.1, -0.05) is 6.07 Å². The molecule has 7 heteroatoms. The van der Waals surface area contributed by atoms with Crippen LogP contribution in [0.3, 0.4) is 0 Å². The van der Waals surface area contributed by atoms with Crippen LogP contribution in [-0.4, -0.2) is 54.1 Å². The van der Waals surface area contributed by atoms with E-state index in [0.717, 1.165) is 0 Å². The summed E-state index contributed by atoms with van der Waals surface area (Å²) >= 11 is 1.39. The molecule has 21 heavy (non-hydrogen) atoms. The molecule has 1 aromatic rings. The van der Waals surface area contributed by atoms with E-state index in [1.165, 1.54) is 11.3 Å². The quantitative estimate of drug-likeness (QED) is 0.853. The SMILES string of the molecule is CC(CC(F)(F)F)N1CCCN(C(=O)c2cccs2)CC1. The molecule has 1 fully saturated rings.